The van der Waals surface area contributed by atoms with E-state index in [4.69, 9.17) is 11.6 Å². The molecule has 162 valence electrons. The molecule has 0 radical (unpaired) electrons. The van der Waals surface area contributed by atoms with Crippen LogP contribution in [0, 0.1) is 6.92 Å². The molecule has 1 aliphatic rings. The van der Waals surface area contributed by atoms with E-state index < -0.39 is 0 Å². The van der Waals surface area contributed by atoms with Gasteiger partial charge in [0.2, 0.25) is 0 Å². The summed E-state index contributed by atoms with van der Waals surface area (Å²) in [6.45, 7) is 3.98. The Labute approximate surface area is 196 Å². The number of nitrogens with zero attached hydrogens (tertiary/aromatic N) is 1. The van der Waals surface area contributed by atoms with Gasteiger partial charge >= 0.3 is 197 Å². The Balaban J connectivity index is 1.58. The van der Waals surface area contributed by atoms with Crippen LogP contribution in [0.5, 0.6) is 5.75 Å². The molecule has 7 heteroatoms. The molecule has 0 unspecified atom stereocenters. The minimum atomic E-state index is -0.129. The number of carbonyl (C=O) groups excluding carboxylic acids is 2. The molecule has 0 fully saturated rings. The number of hydrogen-bond acceptors (Lipinski definition) is 3. The third kappa shape index (κ3) is 3.49. The van der Waals surface area contributed by atoms with Crippen molar-refractivity contribution in [3.05, 3.63) is 64.1 Å². The van der Waals surface area contributed by atoms with E-state index in [-0.39, 0.29) is 38.0 Å². The average Bonchev–Trinajstić information content (AvgIpc) is 3.34. The number of phenolic OH excluding ortho intramolecular Hbond substituents is 1. The van der Waals surface area contributed by atoms with Crippen molar-refractivity contribution in [1.82, 2.24) is 0 Å². The summed E-state index contributed by atoms with van der Waals surface area (Å²) < 4.78 is 1.86. The second kappa shape index (κ2) is 7.96. The van der Waals surface area contributed by atoms with Crippen LogP contribution in [0.15, 0.2) is 48.5 Å². The Kier molecular flexibility index (Phi) is 5.25. The fourth-order valence-corrected chi connectivity index (χ4v) is 6.80. The Morgan fingerprint density at radius 2 is 1.97 bits per heavy atom. The molecule has 0 spiro atoms. The predicted molar refractivity (Wildman–Crippen MR) is 131 cm³/mol. The summed E-state index contributed by atoms with van der Waals surface area (Å²) in [5.41, 5.74) is 3.58. The summed E-state index contributed by atoms with van der Waals surface area (Å²) in [5, 5.41) is 16.2. The molecule has 4 aromatic rings. The van der Waals surface area contributed by atoms with E-state index in [1.165, 1.54) is 6.92 Å². The van der Waals surface area contributed by atoms with Crippen LogP contribution in [0.3, 0.4) is 0 Å². The Morgan fingerprint density at radius 1 is 1.16 bits per heavy atom. The summed E-state index contributed by atoms with van der Waals surface area (Å²) in [4.78, 5) is 26.7. The molecule has 2 N–H and O–H groups in total. The molecule has 3 aromatic carbocycles. The van der Waals surface area contributed by atoms with Gasteiger partial charge in [0.25, 0.3) is 0 Å². The monoisotopic (exact) mass is 512 g/mol. The van der Waals surface area contributed by atoms with E-state index in [0.717, 1.165) is 47.4 Å². The third-order valence-electron chi connectivity index (χ3n) is 5.87. The molecular formula is C25H21ClN2O3Se. The maximum absolute atomic E-state index is 13.6. The van der Waals surface area contributed by atoms with Gasteiger partial charge in [-0.3, -0.25) is 0 Å². The van der Waals surface area contributed by atoms with Crippen molar-refractivity contribution in [2.45, 2.75) is 19.8 Å². The fraction of sp³-hybridized carbons (Fsp3) is 0.200. The Morgan fingerprint density at radius 3 is 2.72 bits per heavy atom. The van der Waals surface area contributed by atoms with Crippen LogP contribution in [-0.4, -0.2) is 43.8 Å². The first-order valence-corrected chi connectivity index (χ1v) is 12.6. The van der Waals surface area contributed by atoms with Gasteiger partial charge in [-0.2, -0.15) is 0 Å². The second-order valence-corrected chi connectivity index (χ2v) is 10.8. The number of nitrogens with one attached hydrogen (secondary N) is 1. The van der Waals surface area contributed by atoms with Gasteiger partial charge in [0.15, 0.2) is 0 Å². The van der Waals surface area contributed by atoms with Gasteiger partial charge in [0, 0.05) is 0 Å². The van der Waals surface area contributed by atoms with Crippen molar-refractivity contribution in [3.63, 3.8) is 0 Å². The number of benzene rings is 3. The molecule has 1 atom stereocenters. The summed E-state index contributed by atoms with van der Waals surface area (Å²) >= 11 is 6.20. The van der Waals surface area contributed by atoms with Crippen LogP contribution in [-0.2, 0) is 4.79 Å². The Bertz CT molecular complexity index is 1410. The topological polar surface area (TPSA) is 69.6 Å². The van der Waals surface area contributed by atoms with E-state index in [1.54, 1.807) is 11.0 Å². The zero-order valence-corrected chi connectivity index (χ0v) is 20.1. The number of amides is 2. The van der Waals surface area contributed by atoms with Crippen LogP contribution < -0.4 is 10.2 Å². The zero-order valence-electron chi connectivity index (χ0n) is 17.6. The number of alkyl halides is 1. The molecule has 1 aromatic heterocycles. The average molecular weight is 512 g/mol. The quantitative estimate of drug-likeness (QED) is 0.300. The minimum absolute atomic E-state index is 0.00349. The van der Waals surface area contributed by atoms with Crippen molar-refractivity contribution in [2.75, 3.05) is 22.6 Å². The number of carbonyl (C=O) groups is 2. The third-order valence-corrected chi connectivity index (χ3v) is 8.56. The van der Waals surface area contributed by atoms with Crippen molar-refractivity contribution < 1.29 is 14.7 Å². The summed E-state index contributed by atoms with van der Waals surface area (Å²) in [7, 11) is 0. The maximum atomic E-state index is 13.6. The normalized spacial score (nSPS) is 15.3. The number of aromatic hydroxyl groups is 1. The van der Waals surface area contributed by atoms with Crippen molar-refractivity contribution in [2.24, 2.45) is 0 Å². The van der Waals surface area contributed by atoms with E-state index in [9.17, 15) is 14.7 Å². The van der Waals surface area contributed by atoms with Crippen LogP contribution >= 0.6 is 11.6 Å². The van der Waals surface area contributed by atoms with Crippen molar-refractivity contribution in [3.8, 4) is 5.75 Å². The predicted octanol–water partition coefficient (Wildman–Crippen LogP) is 5.01. The van der Waals surface area contributed by atoms with E-state index in [1.807, 2.05) is 43.3 Å². The van der Waals surface area contributed by atoms with Gasteiger partial charge in [-0.05, 0) is 0 Å². The summed E-state index contributed by atoms with van der Waals surface area (Å²) in [6, 6.07) is 15.3. The van der Waals surface area contributed by atoms with Crippen molar-refractivity contribution >= 4 is 69.7 Å². The molecule has 5 nitrogen and oxygen atoms in total. The number of aryl methyl sites for hydroxylation is 1. The summed E-state index contributed by atoms with van der Waals surface area (Å²) in [6.07, 6.45) is 0. The van der Waals surface area contributed by atoms with E-state index in [2.05, 4.69) is 11.4 Å². The molecule has 1 aliphatic heterocycles. The number of phenols is 1. The van der Waals surface area contributed by atoms with Crippen molar-refractivity contribution in [1.29, 1.82) is 0 Å². The molecule has 0 saturated heterocycles. The first kappa shape index (κ1) is 21.1. The molecule has 0 saturated carbocycles. The van der Waals surface area contributed by atoms with Crippen LogP contribution in [0.2, 0.25) is 0 Å². The van der Waals surface area contributed by atoms with Crippen LogP contribution in [0.1, 0.15) is 33.2 Å². The number of anilines is 2. The van der Waals surface area contributed by atoms with Gasteiger partial charge in [0.1, 0.15) is 0 Å². The van der Waals surface area contributed by atoms with Crippen LogP contribution in [0.4, 0.5) is 11.4 Å². The van der Waals surface area contributed by atoms with Gasteiger partial charge in [-0.25, -0.2) is 0 Å². The number of hydrogen-bond donors (Lipinski definition) is 2. The molecule has 2 heterocycles. The van der Waals surface area contributed by atoms with Crippen LogP contribution in [0.25, 0.3) is 20.4 Å². The Hall–Kier alpha value is -2.79. The summed E-state index contributed by atoms with van der Waals surface area (Å²) in [5.74, 6) is 0.388. The first-order chi connectivity index (χ1) is 15.4. The van der Waals surface area contributed by atoms with Gasteiger partial charge in [-0.15, -0.1) is 0 Å². The second-order valence-electron chi connectivity index (χ2n) is 8.19. The molecule has 5 rings (SSSR count). The standard InChI is InChI=1S/C25H21ClN2O3Se/c1-13-3-5-18-19(7-13)24-16(11-26)12-28(20(24)10-21(18)30)25(31)23-9-15-8-17(27-14(2)29)4-6-22(15)32-23/h3-10,16,30H,11-12H2,1-2H3,(H,27,29)/t16-/m1/s1. The molecule has 0 aliphatic carbocycles. The van der Waals surface area contributed by atoms with Gasteiger partial charge in [-0.1, -0.05) is 0 Å². The van der Waals surface area contributed by atoms with E-state index in [0.29, 0.717) is 12.4 Å². The zero-order chi connectivity index (χ0) is 22.6. The first-order valence-electron chi connectivity index (χ1n) is 10.3. The number of halogens is 1. The molecule has 0 bridgehead atoms. The number of rotatable bonds is 3. The fourth-order valence-electron chi connectivity index (χ4n) is 4.47. The van der Waals surface area contributed by atoms with E-state index >= 15 is 0 Å². The molecular weight excluding hydrogens is 491 g/mol. The SMILES string of the molecule is CC(=O)Nc1ccc2[se]c(C(=O)N3C[C@@H](CCl)c4c3cc(O)c3ccc(C)cc43)cc2c1. The molecule has 32 heavy (non-hydrogen) atoms. The number of fused-ring (bicyclic) bond motifs is 4. The van der Waals surface area contributed by atoms with Gasteiger partial charge < -0.3 is 0 Å². The molecule has 2 amide bonds. The van der Waals surface area contributed by atoms with Gasteiger partial charge in [0.05, 0.1) is 0 Å².